The molecule has 0 N–H and O–H groups in total. The first-order chi connectivity index (χ1) is 7.95. The number of halogens is 1. The summed E-state index contributed by atoms with van der Waals surface area (Å²) in [5, 5.41) is 1.19. The summed E-state index contributed by atoms with van der Waals surface area (Å²) < 4.78 is 0. The Hall–Kier alpha value is 0.400. The summed E-state index contributed by atoms with van der Waals surface area (Å²) >= 11 is 3.72. The number of hydrogen-bond acceptors (Lipinski definition) is 2. The monoisotopic (exact) mass is 302 g/mol. The Morgan fingerprint density at radius 1 is 1.06 bits per heavy atom. The molecule has 2 rings (SSSR count). The molecule has 100 valence electrons. The van der Waals surface area contributed by atoms with Crippen molar-refractivity contribution >= 4 is 15.9 Å². The molecule has 0 bridgehead atoms. The first-order valence-corrected chi connectivity index (χ1v) is 8.11. The minimum absolute atomic E-state index is 0.343. The van der Waals surface area contributed by atoms with E-state index in [0.717, 1.165) is 0 Å². The standard InChI is InChI=1S/C14H27BrN2/c1-13(2,3)17-9-7-16(8-10-17)12-14(11-15)5-4-6-14/h4-12H2,1-3H3. The zero-order valence-corrected chi connectivity index (χ0v) is 13.2. The van der Waals surface area contributed by atoms with E-state index in [1.165, 1.54) is 57.3 Å². The van der Waals surface area contributed by atoms with Crippen molar-refractivity contribution in [2.75, 3.05) is 38.1 Å². The maximum absolute atomic E-state index is 3.72. The van der Waals surface area contributed by atoms with Gasteiger partial charge in [0.2, 0.25) is 0 Å². The van der Waals surface area contributed by atoms with Crippen LogP contribution in [-0.4, -0.2) is 53.4 Å². The van der Waals surface area contributed by atoms with Crippen molar-refractivity contribution in [2.24, 2.45) is 5.41 Å². The molecule has 0 spiro atoms. The molecule has 0 amide bonds. The van der Waals surface area contributed by atoms with Crippen LogP contribution in [0, 0.1) is 5.41 Å². The van der Waals surface area contributed by atoms with Crippen LogP contribution < -0.4 is 0 Å². The van der Waals surface area contributed by atoms with Gasteiger partial charge in [0.1, 0.15) is 0 Å². The maximum Gasteiger partial charge on any atom is 0.0126 e. The van der Waals surface area contributed by atoms with E-state index in [9.17, 15) is 0 Å². The number of alkyl halides is 1. The molecule has 0 radical (unpaired) electrons. The molecule has 0 aromatic heterocycles. The molecule has 2 fully saturated rings. The van der Waals surface area contributed by atoms with E-state index in [1.807, 2.05) is 0 Å². The molecule has 1 saturated heterocycles. The molecule has 0 aromatic rings. The van der Waals surface area contributed by atoms with E-state index < -0.39 is 0 Å². The van der Waals surface area contributed by atoms with E-state index in [-0.39, 0.29) is 0 Å². The van der Waals surface area contributed by atoms with Crippen molar-refractivity contribution in [3.63, 3.8) is 0 Å². The topological polar surface area (TPSA) is 6.48 Å². The first-order valence-electron chi connectivity index (χ1n) is 6.99. The van der Waals surface area contributed by atoms with Gasteiger partial charge in [0.25, 0.3) is 0 Å². The molecule has 0 unspecified atom stereocenters. The predicted molar refractivity (Wildman–Crippen MR) is 77.8 cm³/mol. The summed E-state index contributed by atoms with van der Waals surface area (Å²) in [4.78, 5) is 5.30. The fraction of sp³-hybridized carbons (Fsp3) is 1.00. The van der Waals surface area contributed by atoms with Crippen molar-refractivity contribution in [2.45, 2.75) is 45.6 Å². The SMILES string of the molecule is CC(C)(C)N1CCN(CC2(CBr)CCC2)CC1. The molecule has 1 saturated carbocycles. The molecule has 1 heterocycles. The summed E-state index contributed by atoms with van der Waals surface area (Å²) in [5.74, 6) is 0. The minimum Gasteiger partial charge on any atom is -0.300 e. The van der Waals surface area contributed by atoms with Gasteiger partial charge in [-0.15, -0.1) is 0 Å². The molecule has 0 aromatic carbocycles. The fourth-order valence-corrected chi connectivity index (χ4v) is 3.80. The van der Waals surface area contributed by atoms with Gasteiger partial charge in [-0.3, -0.25) is 4.90 Å². The molecular weight excluding hydrogens is 276 g/mol. The van der Waals surface area contributed by atoms with Gasteiger partial charge in [-0.2, -0.15) is 0 Å². The molecule has 0 atom stereocenters. The van der Waals surface area contributed by atoms with Gasteiger partial charge in [-0.25, -0.2) is 0 Å². The highest BCUT2D eigenvalue weighted by atomic mass is 79.9. The van der Waals surface area contributed by atoms with Crippen LogP contribution in [0.2, 0.25) is 0 Å². The third-order valence-corrected chi connectivity index (χ3v) is 5.77. The smallest absolute Gasteiger partial charge is 0.0126 e. The van der Waals surface area contributed by atoms with Crippen molar-refractivity contribution in [1.29, 1.82) is 0 Å². The Morgan fingerprint density at radius 2 is 1.65 bits per heavy atom. The largest absolute Gasteiger partial charge is 0.300 e. The van der Waals surface area contributed by atoms with Gasteiger partial charge in [-0.05, 0) is 39.0 Å². The van der Waals surface area contributed by atoms with E-state index in [1.54, 1.807) is 0 Å². The number of rotatable bonds is 3. The Bertz CT molecular complexity index is 242. The average Bonchev–Trinajstić information content (AvgIpc) is 2.23. The first kappa shape index (κ1) is 13.8. The fourth-order valence-electron chi connectivity index (χ4n) is 3.06. The van der Waals surface area contributed by atoms with Crippen LogP contribution in [0.3, 0.4) is 0 Å². The second-order valence-electron chi connectivity index (χ2n) is 6.92. The lowest BCUT2D eigenvalue weighted by Gasteiger charge is -2.48. The Balaban J connectivity index is 1.79. The van der Waals surface area contributed by atoms with E-state index in [2.05, 4.69) is 46.5 Å². The lowest BCUT2D eigenvalue weighted by Crippen LogP contribution is -2.56. The van der Waals surface area contributed by atoms with Crippen LogP contribution in [0.5, 0.6) is 0 Å². The second-order valence-corrected chi connectivity index (χ2v) is 7.48. The van der Waals surface area contributed by atoms with E-state index in [4.69, 9.17) is 0 Å². The minimum atomic E-state index is 0.343. The summed E-state index contributed by atoms with van der Waals surface area (Å²) in [6.45, 7) is 13.3. The number of piperazine rings is 1. The number of hydrogen-bond donors (Lipinski definition) is 0. The van der Waals surface area contributed by atoms with Gasteiger partial charge in [0, 0.05) is 43.6 Å². The molecule has 2 nitrogen and oxygen atoms in total. The maximum atomic E-state index is 3.72. The highest BCUT2D eigenvalue weighted by Crippen LogP contribution is 2.43. The normalized spacial score (nSPS) is 26.8. The molecule has 3 heteroatoms. The molecule has 17 heavy (non-hydrogen) atoms. The van der Waals surface area contributed by atoms with Crippen molar-refractivity contribution in [1.82, 2.24) is 9.80 Å². The van der Waals surface area contributed by atoms with Crippen molar-refractivity contribution in [3.05, 3.63) is 0 Å². The predicted octanol–water partition coefficient (Wildman–Crippen LogP) is 2.97. The lowest BCUT2D eigenvalue weighted by atomic mass is 9.70. The third kappa shape index (κ3) is 3.24. The van der Waals surface area contributed by atoms with Gasteiger partial charge >= 0.3 is 0 Å². The quantitative estimate of drug-likeness (QED) is 0.740. The van der Waals surface area contributed by atoms with Crippen LogP contribution in [0.25, 0.3) is 0 Å². The highest BCUT2D eigenvalue weighted by molar-refractivity contribution is 9.09. The Kier molecular flexibility index (Phi) is 4.21. The van der Waals surface area contributed by atoms with E-state index in [0.29, 0.717) is 11.0 Å². The zero-order valence-electron chi connectivity index (χ0n) is 11.6. The summed E-state index contributed by atoms with van der Waals surface area (Å²) in [7, 11) is 0. The molecule has 2 aliphatic rings. The van der Waals surface area contributed by atoms with Crippen LogP contribution in [0.4, 0.5) is 0 Å². The van der Waals surface area contributed by atoms with Crippen molar-refractivity contribution < 1.29 is 0 Å². The van der Waals surface area contributed by atoms with Crippen molar-refractivity contribution in [3.8, 4) is 0 Å². The molecule has 1 aliphatic heterocycles. The Labute approximate surface area is 115 Å². The summed E-state index contributed by atoms with van der Waals surface area (Å²) in [6, 6.07) is 0. The van der Waals surface area contributed by atoms with Crippen LogP contribution in [0.1, 0.15) is 40.0 Å². The summed E-state index contributed by atoms with van der Waals surface area (Å²) in [5.41, 5.74) is 0.958. The zero-order chi connectivity index (χ0) is 12.5. The highest BCUT2D eigenvalue weighted by Gasteiger charge is 2.38. The number of nitrogens with zero attached hydrogens (tertiary/aromatic N) is 2. The third-order valence-electron chi connectivity index (χ3n) is 4.58. The van der Waals surface area contributed by atoms with Gasteiger partial charge < -0.3 is 4.90 Å². The van der Waals surface area contributed by atoms with Crippen LogP contribution >= 0.6 is 15.9 Å². The molecular formula is C14H27BrN2. The molecule has 1 aliphatic carbocycles. The van der Waals surface area contributed by atoms with Crippen LogP contribution in [-0.2, 0) is 0 Å². The average molecular weight is 303 g/mol. The lowest BCUT2D eigenvalue weighted by molar-refractivity contribution is 0.0242. The van der Waals surface area contributed by atoms with Crippen LogP contribution in [0.15, 0.2) is 0 Å². The Morgan fingerprint density at radius 3 is 2.00 bits per heavy atom. The van der Waals surface area contributed by atoms with E-state index >= 15 is 0 Å². The van der Waals surface area contributed by atoms with Gasteiger partial charge in [0.05, 0.1) is 0 Å². The van der Waals surface area contributed by atoms with Gasteiger partial charge in [0.15, 0.2) is 0 Å². The summed E-state index contributed by atoms with van der Waals surface area (Å²) in [6.07, 6.45) is 4.29. The second kappa shape index (κ2) is 5.18. The van der Waals surface area contributed by atoms with Gasteiger partial charge in [-0.1, -0.05) is 22.4 Å².